The molecule has 2 fully saturated rings. The van der Waals surface area contributed by atoms with E-state index in [1.54, 1.807) is 0 Å². The minimum absolute atomic E-state index is 0.0314. The summed E-state index contributed by atoms with van der Waals surface area (Å²) in [6.45, 7) is 8.66. The molecule has 1 heterocycles. The summed E-state index contributed by atoms with van der Waals surface area (Å²) in [5, 5.41) is 3.45. The summed E-state index contributed by atoms with van der Waals surface area (Å²) >= 11 is 0. The van der Waals surface area contributed by atoms with Gasteiger partial charge in [-0.2, -0.15) is 0 Å². The Hall–Kier alpha value is -0.570. The zero-order valence-electron chi connectivity index (χ0n) is 12.3. The van der Waals surface area contributed by atoms with Crippen LogP contribution in [-0.4, -0.2) is 29.1 Å². The first kappa shape index (κ1) is 13.9. The molecular formula is C15H28N2O. The summed E-state index contributed by atoms with van der Waals surface area (Å²) in [4.78, 5) is 14.6. The predicted octanol–water partition coefficient (Wildman–Crippen LogP) is 2.76. The van der Waals surface area contributed by atoms with E-state index in [0.29, 0.717) is 17.9 Å². The molecule has 2 rings (SSSR count). The first-order chi connectivity index (χ1) is 8.54. The standard InChI is InChI=1S/C15H28N2O/c1-5-12-6-8-13(9-7-12)17-11(4)16-14(10(2)3)15(17)18/h10-14,16H,5-9H2,1-4H3. The molecule has 3 nitrogen and oxygen atoms in total. The summed E-state index contributed by atoms with van der Waals surface area (Å²) in [6, 6.07) is 0.510. The van der Waals surface area contributed by atoms with Gasteiger partial charge < -0.3 is 4.90 Å². The van der Waals surface area contributed by atoms with E-state index in [1.807, 2.05) is 0 Å². The van der Waals surface area contributed by atoms with Crippen molar-refractivity contribution in [3.8, 4) is 0 Å². The summed E-state index contributed by atoms with van der Waals surface area (Å²) in [5.74, 6) is 1.61. The molecule has 2 atom stereocenters. The van der Waals surface area contributed by atoms with Gasteiger partial charge in [0.1, 0.15) is 0 Å². The van der Waals surface area contributed by atoms with Gasteiger partial charge in [0.15, 0.2) is 0 Å². The van der Waals surface area contributed by atoms with Gasteiger partial charge in [0.2, 0.25) is 5.91 Å². The molecule has 1 saturated heterocycles. The second-order valence-corrected chi connectivity index (χ2v) is 6.39. The van der Waals surface area contributed by atoms with Crippen molar-refractivity contribution >= 4 is 5.91 Å². The molecule has 2 unspecified atom stereocenters. The Kier molecular flexibility index (Phi) is 4.31. The van der Waals surface area contributed by atoms with E-state index >= 15 is 0 Å². The van der Waals surface area contributed by atoms with Gasteiger partial charge in [-0.25, -0.2) is 0 Å². The topological polar surface area (TPSA) is 32.3 Å². The van der Waals surface area contributed by atoms with Gasteiger partial charge in [0.05, 0.1) is 12.2 Å². The third-order valence-corrected chi connectivity index (χ3v) is 4.81. The Balaban J connectivity index is 1.99. The van der Waals surface area contributed by atoms with Crippen molar-refractivity contribution in [2.75, 3.05) is 0 Å². The van der Waals surface area contributed by atoms with Gasteiger partial charge in [0.25, 0.3) is 0 Å². The Bertz CT molecular complexity index is 295. The highest BCUT2D eigenvalue weighted by Gasteiger charge is 2.42. The third-order valence-electron chi connectivity index (χ3n) is 4.81. The van der Waals surface area contributed by atoms with Gasteiger partial charge in [-0.15, -0.1) is 0 Å². The Labute approximate surface area is 111 Å². The highest BCUT2D eigenvalue weighted by Crippen LogP contribution is 2.32. The molecule has 0 spiro atoms. The lowest BCUT2D eigenvalue weighted by Crippen LogP contribution is -2.44. The van der Waals surface area contributed by atoms with Crippen LogP contribution in [0.5, 0.6) is 0 Å². The smallest absolute Gasteiger partial charge is 0.241 e. The Morgan fingerprint density at radius 1 is 1.28 bits per heavy atom. The highest BCUT2D eigenvalue weighted by molar-refractivity contribution is 5.84. The summed E-state index contributed by atoms with van der Waals surface area (Å²) in [6.07, 6.45) is 6.49. The molecular weight excluding hydrogens is 224 g/mol. The lowest BCUT2D eigenvalue weighted by atomic mass is 9.83. The molecule has 1 aliphatic carbocycles. The molecule has 0 aromatic heterocycles. The molecule has 1 amide bonds. The quantitative estimate of drug-likeness (QED) is 0.837. The SMILES string of the molecule is CCC1CCC(N2C(=O)C(C(C)C)NC2C)CC1. The lowest BCUT2D eigenvalue weighted by molar-refractivity contribution is -0.133. The number of rotatable bonds is 3. The fourth-order valence-corrected chi connectivity index (χ4v) is 3.57. The third kappa shape index (κ3) is 2.56. The number of nitrogens with one attached hydrogen (secondary N) is 1. The van der Waals surface area contributed by atoms with Crippen LogP contribution in [0.4, 0.5) is 0 Å². The molecule has 2 aliphatic rings. The van der Waals surface area contributed by atoms with Crippen molar-refractivity contribution in [2.24, 2.45) is 11.8 Å². The maximum atomic E-state index is 12.5. The number of nitrogens with zero attached hydrogens (tertiary/aromatic N) is 1. The average molecular weight is 252 g/mol. The second-order valence-electron chi connectivity index (χ2n) is 6.39. The van der Waals surface area contributed by atoms with E-state index in [9.17, 15) is 4.79 Å². The van der Waals surface area contributed by atoms with E-state index < -0.39 is 0 Å². The number of amides is 1. The van der Waals surface area contributed by atoms with Gasteiger partial charge in [-0.3, -0.25) is 10.1 Å². The highest BCUT2D eigenvalue weighted by atomic mass is 16.2. The first-order valence-corrected chi connectivity index (χ1v) is 7.62. The molecule has 3 heteroatoms. The summed E-state index contributed by atoms with van der Waals surface area (Å²) in [5.41, 5.74) is 0. The minimum atomic E-state index is 0.0314. The fourth-order valence-electron chi connectivity index (χ4n) is 3.57. The lowest BCUT2D eigenvalue weighted by Gasteiger charge is -2.36. The van der Waals surface area contributed by atoms with E-state index in [4.69, 9.17) is 0 Å². The molecule has 1 aliphatic heterocycles. The van der Waals surface area contributed by atoms with Crippen LogP contribution in [-0.2, 0) is 4.79 Å². The van der Waals surface area contributed by atoms with Crippen LogP contribution in [0, 0.1) is 11.8 Å². The van der Waals surface area contributed by atoms with Crippen molar-refractivity contribution in [2.45, 2.75) is 78.0 Å². The number of carbonyl (C=O) groups excluding carboxylic acids is 1. The van der Waals surface area contributed by atoms with Crippen LogP contribution < -0.4 is 5.32 Å². The first-order valence-electron chi connectivity index (χ1n) is 7.62. The van der Waals surface area contributed by atoms with Gasteiger partial charge >= 0.3 is 0 Å². The molecule has 1 saturated carbocycles. The molecule has 1 N–H and O–H groups in total. The van der Waals surface area contributed by atoms with Gasteiger partial charge in [0, 0.05) is 6.04 Å². The zero-order chi connectivity index (χ0) is 13.3. The van der Waals surface area contributed by atoms with Crippen molar-refractivity contribution in [1.82, 2.24) is 10.2 Å². The van der Waals surface area contributed by atoms with Crippen LogP contribution in [0.25, 0.3) is 0 Å². The monoisotopic (exact) mass is 252 g/mol. The van der Waals surface area contributed by atoms with Crippen LogP contribution in [0.2, 0.25) is 0 Å². The molecule has 104 valence electrons. The van der Waals surface area contributed by atoms with Crippen LogP contribution >= 0.6 is 0 Å². The van der Waals surface area contributed by atoms with Crippen molar-refractivity contribution in [3.05, 3.63) is 0 Å². The average Bonchev–Trinajstić information content (AvgIpc) is 2.65. The molecule has 0 bridgehead atoms. The van der Waals surface area contributed by atoms with Gasteiger partial charge in [-0.1, -0.05) is 27.2 Å². The summed E-state index contributed by atoms with van der Waals surface area (Å²) < 4.78 is 0. The predicted molar refractivity (Wildman–Crippen MR) is 74.1 cm³/mol. The minimum Gasteiger partial charge on any atom is -0.323 e. The zero-order valence-corrected chi connectivity index (χ0v) is 12.3. The normalized spacial score (nSPS) is 37.6. The van der Waals surface area contributed by atoms with Gasteiger partial charge in [-0.05, 0) is 44.4 Å². The fraction of sp³-hybridized carbons (Fsp3) is 0.933. The maximum Gasteiger partial charge on any atom is 0.241 e. The number of carbonyl (C=O) groups is 1. The van der Waals surface area contributed by atoms with Crippen molar-refractivity contribution in [1.29, 1.82) is 0 Å². The molecule has 0 aromatic rings. The van der Waals surface area contributed by atoms with E-state index in [2.05, 4.69) is 37.9 Å². The Morgan fingerprint density at radius 2 is 1.89 bits per heavy atom. The van der Waals surface area contributed by atoms with E-state index in [1.165, 1.54) is 32.1 Å². The van der Waals surface area contributed by atoms with Crippen molar-refractivity contribution in [3.63, 3.8) is 0 Å². The van der Waals surface area contributed by atoms with Crippen LogP contribution in [0.1, 0.15) is 59.8 Å². The van der Waals surface area contributed by atoms with E-state index in [0.717, 1.165) is 5.92 Å². The maximum absolute atomic E-state index is 12.5. The second kappa shape index (κ2) is 5.60. The van der Waals surface area contributed by atoms with Crippen LogP contribution in [0.3, 0.4) is 0 Å². The molecule has 0 aromatic carbocycles. The Morgan fingerprint density at radius 3 is 2.33 bits per heavy atom. The summed E-state index contributed by atoms with van der Waals surface area (Å²) in [7, 11) is 0. The van der Waals surface area contributed by atoms with Crippen LogP contribution in [0.15, 0.2) is 0 Å². The van der Waals surface area contributed by atoms with E-state index in [-0.39, 0.29) is 12.2 Å². The van der Waals surface area contributed by atoms with Crippen molar-refractivity contribution < 1.29 is 4.79 Å². The number of hydrogen-bond donors (Lipinski definition) is 1. The molecule has 18 heavy (non-hydrogen) atoms. The molecule has 0 radical (unpaired) electrons. The largest absolute Gasteiger partial charge is 0.323 e. The number of hydrogen-bond acceptors (Lipinski definition) is 2.